The Morgan fingerprint density at radius 3 is 3.00 bits per heavy atom. The van der Waals surface area contributed by atoms with Gasteiger partial charge in [-0.1, -0.05) is 6.07 Å². The van der Waals surface area contributed by atoms with Crippen LogP contribution in [-0.2, 0) is 4.79 Å². The van der Waals surface area contributed by atoms with Gasteiger partial charge in [0.1, 0.15) is 0 Å². The van der Waals surface area contributed by atoms with Gasteiger partial charge in [0.15, 0.2) is 0 Å². The van der Waals surface area contributed by atoms with E-state index in [1.807, 2.05) is 23.6 Å². The van der Waals surface area contributed by atoms with Gasteiger partial charge in [0.25, 0.3) is 0 Å². The van der Waals surface area contributed by atoms with Crippen LogP contribution in [0.2, 0.25) is 0 Å². The molecule has 0 atom stereocenters. The van der Waals surface area contributed by atoms with Crippen LogP contribution in [0, 0.1) is 0 Å². The minimum absolute atomic E-state index is 0.0142. The third-order valence-electron chi connectivity index (χ3n) is 2.63. The molecule has 1 saturated heterocycles. The van der Waals surface area contributed by atoms with Gasteiger partial charge >= 0.3 is 0 Å². The molecule has 1 aromatic rings. The summed E-state index contributed by atoms with van der Waals surface area (Å²) in [6.45, 7) is 2.00. The summed E-state index contributed by atoms with van der Waals surface area (Å²) in [7, 11) is 0. The average molecular weight is 236 g/mol. The SMILES string of the molecule is O=C(/C=C/c1cccs1)NC1CCNCC1. The van der Waals surface area contributed by atoms with Crippen LogP contribution in [0.3, 0.4) is 0 Å². The molecule has 1 amide bonds. The first-order valence-corrected chi connectivity index (χ1v) is 6.45. The number of hydrogen-bond donors (Lipinski definition) is 2. The van der Waals surface area contributed by atoms with Crippen molar-refractivity contribution in [2.24, 2.45) is 0 Å². The molecule has 1 aliphatic rings. The Hall–Kier alpha value is -1.13. The van der Waals surface area contributed by atoms with Crippen molar-refractivity contribution < 1.29 is 4.79 Å². The molecule has 0 spiro atoms. The molecule has 4 heteroatoms. The summed E-state index contributed by atoms with van der Waals surface area (Å²) in [5.41, 5.74) is 0. The van der Waals surface area contributed by atoms with E-state index in [2.05, 4.69) is 10.6 Å². The van der Waals surface area contributed by atoms with Crippen LogP contribution in [-0.4, -0.2) is 25.0 Å². The number of amides is 1. The second kappa shape index (κ2) is 5.82. The average Bonchev–Trinajstić information content (AvgIpc) is 2.81. The van der Waals surface area contributed by atoms with E-state index in [4.69, 9.17) is 0 Å². The Morgan fingerprint density at radius 2 is 2.31 bits per heavy atom. The number of carbonyl (C=O) groups excluding carboxylic acids is 1. The maximum absolute atomic E-state index is 11.6. The monoisotopic (exact) mass is 236 g/mol. The predicted molar refractivity (Wildman–Crippen MR) is 67.4 cm³/mol. The van der Waals surface area contributed by atoms with Gasteiger partial charge in [0.2, 0.25) is 5.91 Å². The van der Waals surface area contributed by atoms with Gasteiger partial charge in [-0.25, -0.2) is 0 Å². The Morgan fingerprint density at radius 1 is 1.50 bits per heavy atom. The lowest BCUT2D eigenvalue weighted by molar-refractivity contribution is -0.117. The molecule has 1 aliphatic heterocycles. The van der Waals surface area contributed by atoms with Crippen molar-refractivity contribution in [1.82, 2.24) is 10.6 Å². The van der Waals surface area contributed by atoms with Crippen LogP contribution < -0.4 is 10.6 Å². The maximum atomic E-state index is 11.6. The molecule has 2 rings (SSSR count). The molecule has 0 aromatic carbocycles. The van der Waals surface area contributed by atoms with Crippen LogP contribution in [0.15, 0.2) is 23.6 Å². The molecule has 1 aromatic heterocycles. The molecule has 2 N–H and O–H groups in total. The lowest BCUT2D eigenvalue weighted by Gasteiger charge is -2.22. The standard InChI is InChI=1S/C12H16N2OS/c15-12(4-3-11-2-1-9-16-11)14-10-5-7-13-8-6-10/h1-4,9-10,13H,5-8H2,(H,14,15)/b4-3+. The zero-order chi connectivity index (χ0) is 11.2. The minimum atomic E-state index is 0.0142. The third-order valence-corrected chi connectivity index (χ3v) is 3.47. The van der Waals surface area contributed by atoms with Crippen LogP contribution in [0.4, 0.5) is 0 Å². The lowest BCUT2D eigenvalue weighted by atomic mass is 10.1. The van der Waals surface area contributed by atoms with Crippen molar-refractivity contribution in [3.05, 3.63) is 28.5 Å². The van der Waals surface area contributed by atoms with Crippen molar-refractivity contribution in [3.63, 3.8) is 0 Å². The molecule has 86 valence electrons. The highest BCUT2D eigenvalue weighted by Crippen LogP contribution is 2.10. The van der Waals surface area contributed by atoms with E-state index < -0.39 is 0 Å². The first kappa shape index (κ1) is 11.4. The molecule has 0 radical (unpaired) electrons. The summed E-state index contributed by atoms with van der Waals surface area (Å²) in [4.78, 5) is 12.7. The number of thiophene rings is 1. The van der Waals surface area contributed by atoms with Gasteiger partial charge in [-0.15, -0.1) is 11.3 Å². The zero-order valence-electron chi connectivity index (χ0n) is 9.11. The highest BCUT2D eigenvalue weighted by atomic mass is 32.1. The third kappa shape index (κ3) is 3.47. The zero-order valence-corrected chi connectivity index (χ0v) is 9.93. The molecule has 2 heterocycles. The van der Waals surface area contributed by atoms with E-state index in [-0.39, 0.29) is 5.91 Å². The first-order valence-electron chi connectivity index (χ1n) is 5.57. The van der Waals surface area contributed by atoms with E-state index in [0.717, 1.165) is 30.8 Å². The van der Waals surface area contributed by atoms with Crippen LogP contribution >= 0.6 is 11.3 Å². The van der Waals surface area contributed by atoms with Crippen LogP contribution in [0.25, 0.3) is 6.08 Å². The van der Waals surface area contributed by atoms with E-state index in [0.29, 0.717) is 6.04 Å². The number of rotatable bonds is 3. The second-order valence-corrected chi connectivity index (χ2v) is 4.86. The summed E-state index contributed by atoms with van der Waals surface area (Å²) in [5, 5.41) is 8.30. The van der Waals surface area contributed by atoms with Crippen molar-refractivity contribution in [3.8, 4) is 0 Å². The number of nitrogens with one attached hydrogen (secondary N) is 2. The fourth-order valence-corrected chi connectivity index (χ4v) is 2.38. The number of carbonyl (C=O) groups is 1. The van der Waals surface area contributed by atoms with Gasteiger partial charge in [0, 0.05) is 17.0 Å². The van der Waals surface area contributed by atoms with Gasteiger partial charge in [-0.2, -0.15) is 0 Å². The lowest BCUT2D eigenvalue weighted by Crippen LogP contribution is -2.42. The quantitative estimate of drug-likeness (QED) is 0.783. The molecule has 3 nitrogen and oxygen atoms in total. The minimum Gasteiger partial charge on any atom is -0.350 e. The first-order chi connectivity index (χ1) is 7.84. The molecule has 0 bridgehead atoms. The van der Waals surface area contributed by atoms with Gasteiger partial charge in [-0.05, 0) is 43.5 Å². The number of piperidine rings is 1. The molecular weight excluding hydrogens is 220 g/mol. The summed E-state index contributed by atoms with van der Waals surface area (Å²) in [5.74, 6) is 0.0142. The highest BCUT2D eigenvalue weighted by Gasteiger charge is 2.13. The predicted octanol–water partition coefficient (Wildman–Crippen LogP) is 1.63. The van der Waals surface area contributed by atoms with E-state index in [1.54, 1.807) is 17.4 Å². The summed E-state index contributed by atoms with van der Waals surface area (Å²) in [6, 6.07) is 4.32. The van der Waals surface area contributed by atoms with E-state index >= 15 is 0 Å². The Balaban J connectivity index is 1.79. The highest BCUT2D eigenvalue weighted by molar-refractivity contribution is 7.10. The van der Waals surface area contributed by atoms with Crippen molar-refractivity contribution in [2.45, 2.75) is 18.9 Å². The fourth-order valence-electron chi connectivity index (χ4n) is 1.76. The van der Waals surface area contributed by atoms with Crippen molar-refractivity contribution in [2.75, 3.05) is 13.1 Å². The smallest absolute Gasteiger partial charge is 0.244 e. The summed E-state index contributed by atoms with van der Waals surface area (Å²) in [6.07, 6.45) is 5.53. The maximum Gasteiger partial charge on any atom is 0.244 e. The molecule has 0 aliphatic carbocycles. The van der Waals surface area contributed by atoms with Crippen LogP contribution in [0.5, 0.6) is 0 Å². The largest absolute Gasteiger partial charge is 0.350 e. The summed E-state index contributed by atoms with van der Waals surface area (Å²) >= 11 is 1.63. The van der Waals surface area contributed by atoms with Crippen molar-refractivity contribution in [1.29, 1.82) is 0 Å². The Kier molecular flexibility index (Phi) is 4.13. The molecular formula is C12H16N2OS. The van der Waals surface area contributed by atoms with E-state index in [9.17, 15) is 4.79 Å². The van der Waals surface area contributed by atoms with Gasteiger partial charge in [0.05, 0.1) is 0 Å². The molecule has 16 heavy (non-hydrogen) atoms. The topological polar surface area (TPSA) is 41.1 Å². The summed E-state index contributed by atoms with van der Waals surface area (Å²) < 4.78 is 0. The second-order valence-electron chi connectivity index (χ2n) is 3.88. The normalized spacial score (nSPS) is 17.8. The Labute approximate surface area is 99.6 Å². The van der Waals surface area contributed by atoms with Crippen LogP contribution in [0.1, 0.15) is 17.7 Å². The van der Waals surface area contributed by atoms with E-state index in [1.165, 1.54) is 0 Å². The van der Waals surface area contributed by atoms with Crippen molar-refractivity contribution >= 4 is 23.3 Å². The fraction of sp³-hybridized carbons (Fsp3) is 0.417. The molecule has 0 unspecified atom stereocenters. The van der Waals surface area contributed by atoms with Gasteiger partial charge < -0.3 is 10.6 Å². The van der Waals surface area contributed by atoms with Gasteiger partial charge in [-0.3, -0.25) is 4.79 Å². The molecule has 1 fully saturated rings. The number of hydrogen-bond acceptors (Lipinski definition) is 3. The molecule has 0 saturated carbocycles. The Bertz CT molecular complexity index is 353.